The molecule has 3 rings (SSSR count). The second kappa shape index (κ2) is 8.37. The van der Waals surface area contributed by atoms with Crippen molar-refractivity contribution >= 4 is 21.7 Å². The van der Waals surface area contributed by atoms with Gasteiger partial charge in [0.25, 0.3) is 5.92 Å². The number of alkyl halides is 5. The molecular formula is C17H16F6N4O4S. The molecule has 1 fully saturated rings. The third-order valence-electron chi connectivity index (χ3n) is 4.57. The fourth-order valence-electron chi connectivity index (χ4n) is 2.95. The maximum absolute atomic E-state index is 14.2. The van der Waals surface area contributed by atoms with Gasteiger partial charge in [-0.25, -0.2) is 31.7 Å². The van der Waals surface area contributed by atoms with Gasteiger partial charge in [-0.1, -0.05) is 0 Å². The molecule has 0 bridgehead atoms. The molecule has 2 aromatic rings. The van der Waals surface area contributed by atoms with Crippen LogP contribution in [0, 0.1) is 5.82 Å². The topological polar surface area (TPSA) is 127 Å². The van der Waals surface area contributed by atoms with Gasteiger partial charge in [0.15, 0.2) is 0 Å². The van der Waals surface area contributed by atoms with Crippen molar-refractivity contribution in [3.05, 3.63) is 35.8 Å². The molecule has 15 heteroatoms. The Morgan fingerprint density at radius 2 is 1.97 bits per heavy atom. The Bertz CT molecular complexity index is 1110. The summed E-state index contributed by atoms with van der Waals surface area (Å²) in [5.74, 6) is -6.12. The predicted molar refractivity (Wildman–Crippen MR) is 97.3 cm³/mol. The van der Waals surface area contributed by atoms with Gasteiger partial charge in [0.1, 0.15) is 17.5 Å². The second-order valence-electron chi connectivity index (χ2n) is 7.04. The van der Waals surface area contributed by atoms with Crippen LogP contribution in [0.15, 0.2) is 29.3 Å². The minimum atomic E-state index is -5.02. The maximum Gasteiger partial charge on any atom is 0.423 e. The highest BCUT2D eigenvalue weighted by molar-refractivity contribution is 7.89. The number of benzene rings is 1. The van der Waals surface area contributed by atoms with Gasteiger partial charge in [-0.15, -0.1) is 0 Å². The maximum atomic E-state index is 14.2. The quantitative estimate of drug-likeness (QED) is 0.555. The number of aliphatic hydroxyl groups is 1. The van der Waals surface area contributed by atoms with Gasteiger partial charge < -0.3 is 15.2 Å². The third-order valence-corrected chi connectivity index (χ3v) is 5.48. The summed E-state index contributed by atoms with van der Waals surface area (Å²) in [7, 11) is -4.20. The van der Waals surface area contributed by atoms with Crippen LogP contribution in [0.3, 0.4) is 0 Å². The highest BCUT2D eigenvalue weighted by atomic mass is 32.2. The summed E-state index contributed by atoms with van der Waals surface area (Å²) < 4.78 is 109. The first-order valence-corrected chi connectivity index (χ1v) is 10.5. The summed E-state index contributed by atoms with van der Waals surface area (Å²) in [6.07, 6.45) is -9.91. The number of nitrogens with zero attached hydrogens (tertiary/aromatic N) is 2. The summed E-state index contributed by atoms with van der Waals surface area (Å²) in [5.41, 5.74) is -1.90. The van der Waals surface area contributed by atoms with E-state index in [1.54, 1.807) is 0 Å². The second-order valence-corrected chi connectivity index (χ2v) is 8.61. The molecule has 0 radical (unpaired) electrons. The molecule has 1 saturated carbocycles. The van der Waals surface area contributed by atoms with Gasteiger partial charge >= 0.3 is 6.18 Å². The number of hydrogen-bond acceptors (Lipinski definition) is 7. The van der Waals surface area contributed by atoms with Crippen LogP contribution >= 0.6 is 0 Å². The number of nitrogens with one attached hydrogen (secondary N) is 1. The number of halogens is 6. The van der Waals surface area contributed by atoms with Crippen molar-refractivity contribution in [3.8, 4) is 5.88 Å². The summed E-state index contributed by atoms with van der Waals surface area (Å²) in [6, 6.07) is 2.43. The lowest BCUT2D eigenvalue weighted by Gasteiger charge is -2.33. The van der Waals surface area contributed by atoms with E-state index in [0.717, 1.165) is 12.1 Å². The number of rotatable bonds is 5. The van der Waals surface area contributed by atoms with Gasteiger partial charge in [-0.2, -0.15) is 18.2 Å². The van der Waals surface area contributed by atoms with Crippen LogP contribution in [0.1, 0.15) is 24.8 Å². The first-order valence-electron chi connectivity index (χ1n) is 8.92. The van der Waals surface area contributed by atoms with E-state index in [4.69, 9.17) is 9.88 Å². The molecule has 1 aliphatic rings. The fraction of sp³-hybridized carbons (Fsp3) is 0.412. The van der Waals surface area contributed by atoms with Crippen LogP contribution in [-0.4, -0.2) is 41.6 Å². The molecule has 0 unspecified atom stereocenters. The van der Waals surface area contributed by atoms with Crippen LogP contribution in [0.25, 0.3) is 0 Å². The van der Waals surface area contributed by atoms with Crippen LogP contribution < -0.4 is 15.2 Å². The molecule has 32 heavy (non-hydrogen) atoms. The van der Waals surface area contributed by atoms with Crippen molar-refractivity contribution in [2.45, 2.75) is 48.5 Å². The molecule has 2 atom stereocenters. The molecule has 0 saturated heterocycles. The zero-order valence-electron chi connectivity index (χ0n) is 15.9. The van der Waals surface area contributed by atoms with Crippen molar-refractivity contribution in [1.29, 1.82) is 0 Å². The summed E-state index contributed by atoms with van der Waals surface area (Å²) in [6.45, 7) is 0. The van der Waals surface area contributed by atoms with Crippen LogP contribution in [0.5, 0.6) is 5.88 Å². The lowest BCUT2D eigenvalue weighted by molar-refractivity contribution is -0.143. The normalized spacial score (nSPS) is 21.2. The Kier molecular flexibility index (Phi) is 6.27. The highest BCUT2D eigenvalue weighted by Gasteiger charge is 2.44. The molecular weight excluding hydrogens is 470 g/mol. The lowest BCUT2D eigenvalue weighted by atomic mass is 9.91. The number of nitrogens with two attached hydrogens (primary N) is 1. The Hall–Kier alpha value is -2.65. The van der Waals surface area contributed by atoms with Crippen molar-refractivity contribution in [2.24, 2.45) is 5.14 Å². The van der Waals surface area contributed by atoms with Crippen molar-refractivity contribution in [2.75, 3.05) is 5.32 Å². The molecule has 1 heterocycles. The molecule has 0 aliphatic heterocycles. The summed E-state index contributed by atoms with van der Waals surface area (Å²) in [5, 5.41) is 17.0. The summed E-state index contributed by atoms with van der Waals surface area (Å²) >= 11 is 0. The average molecular weight is 486 g/mol. The molecule has 1 aromatic carbocycles. The van der Waals surface area contributed by atoms with E-state index in [1.807, 2.05) is 0 Å². The first kappa shape index (κ1) is 24.0. The molecule has 0 spiro atoms. The number of hydrogen-bond donors (Lipinski definition) is 3. The van der Waals surface area contributed by atoms with Gasteiger partial charge in [-0.05, 0) is 24.6 Å². The molecule has 0 amide bonds. The lowest BCUT2D eigenvalue weighted by Crippen LogP contribution is -2.43. The largest absolute Gasteiger partial charge is 0.471 e. The first-order chi connectivity index (χ1) is 14.7. The third kappa shape index (κ3) is 5.58. The van der Waals surface area contributed by atoms with Crippen molar-refractivity contribution in [3.63, 3.8) is 0 Å². The smallest absolute Gasteiger partial charge is 0.423 e. The SMILES string of the molecule is NS(=O)(=O)c1ccc(Nc2ncc(C(F)(F)F)c(O[C@H]3CC(F)(F)CC[C@H]3O)n2)c(F)c1. The number of aliphatic hydroxyl groups excluding tert-OH is 1. The van der Waals surface area contributed by atoms with E-state index in [2.05, 4.69) is 15.3 Å². The van der Waals surface area contributed by atoms with Crippen LogP contribution in [0.4, 0.5) is 38.0 Å². The Morgan fingerprint density at radius 3 is 2.56 bits per heavy atom. The van der Waals surface area contributed by atoms with E-state index in [0.29, 0.717) is 12.3 Å². The predicted octanol–water partition coefficient (Wildman–Crippen LogP) is 2.95. The van der Waals surface area contributed by atoms with Gasteiger partial charge in [0.05, 0.1) is 23.1 Å². The fourth-order valence-corrected chi connectivity index (χ4v) is 3.47. The van der Waals surface area contributed by atoms with Crippen LogP contribution in [-0.2, 0) is 16.2 Å². The van der Waals surface area contributed by atoms with Gasteiger partial charge in [0, 0.05) is 12.6 Å². The molecule has 176 valence electrons. The van der Waals surface area contributed by atoms with Crippen molar-refractivity contribution in [1.82, 2.24) is 9.97 Å². The zero-order valence-corrected chi connectivity index (χ0v) is 16.7. The zero-order chi connectivity index (χ0) is 23.9. The summed E-state index contributed by atoms with van der Waals surface area (Å²) in [4.78, 5) is 6.35. The van der Waals surface area contributed by atoms with Crippen molar-refractivity contribution < 1.29 is 44.6 Å². The van der Waals surface area contributed by atoms with Gasteiger partial charge in [0.2, 0.25) is 21.9 Å². The standard InChI is InChI=1S/C17H16F6N4O4S/c18-10-5-8(32(24,29)30)1-2-11(10)26-15-25-7-9(17(21,22)23)14(27-15)31-13-6-16(19,20)4-3-12(13)28/h1-2,5,7,12-13,28H,3-4,6H2,(H2,24,29,30)(H,25,26,27)/t12-,13+/m1/s1. The van der Waals surface area contributed by atoms with E-state index < -0.39 is 87.4 Å². The van der Waals surface area contributed by atoms with E-state index in [9.17, 15) is 39.9 Å². The molecule has 1 aromatic heterocycles. The number of aromatic nitrogens is 2. The molecule has 4 N–H and O–H groups in total. The number of anilines is 2. The highest BCUT2D eigenvalue weighted by Crippen LogP contribution is 2.39. The molecule has 1 aliphatic carbocycles. The van der Waals surface area contributed by atoms with E-state index in [-0.39, 0.29) is 0 Å². The van der Waals surface area contributed by atoms with Crippen LogP contribution in [0.2, 0.25) is 0 Å². The van der Waals surface area contributed by atoms with Gasteiger partial charge in [-0.3, -0.25) is 0 Å². The monoisotopic (exact) mass is 486 g/mol. The number of primary sulfonamides is 1. The minimum Gasteiger partial charge on any atom is -0.471 e. The number of ether oxygens (including phenoxy) is 1. The van der Waals surface area contributed by atoms with E-state index in [1.165, 1.54) is 0 Å². The van der Waals surface area contributed by atoms with E-state index >= 15 is 0 Å². The minimum absolute atomic E-state index is 0.300. The average Bonchev–Trinajstić information content (AvgIpc) is 2.64. The Morgan fingerprint density at radius 1 is 1.28 bits per heavy atom. The Labute approximate surface area is 177 Å². The molecule has 8 nitrogen and oxygen atoms in total. The Balaban J connectivity index is 1.92. The number of sulfonamides is 1.